The molecule has 1 fully saturated rings. The lowest BCUT2D eigenvalue weighted by Crippen LogP contribution is -3.13. The lowest BCUT2D eigenvalue weighted by molar-refractivity contribution is -0.917. The zero-order chi connectivity index (χ0) is 18.6. The van der Waals surface area contributed by atoms with E-state index in [1.54, 1.807) is 41.7 Å². The van der Waals surface area contributed by atoms with Crippen molar-refractivity contribution in [2.45, 2.75) is 11.4 Å². The van der Waals surface area contributed by atoms with E-state index >= 15 is 0 Å². The number of hydrogen-bond donors (Lipinski definition) is 1. The van der Waals surface area contributed by atoms with Crippen LogP contribution in [0.5, 0.6) is 5.75 Å². The van der Waals surface area contributed by atoms with Crippen LogP contribution in [0.25, 0.3) is 0 Å². The second kappa shape index (κ2) is 7.87. The number of nitrogens with zero attached hydrogens (tertiary/aromatic N) is 2. The number of methoxy groups -OCH3 is 1. The van der Waals surface area contributed by atoms with Crippen LogP contribution in [0.4, 0.5) is 0 Å². The molecule has 0 aliphatic carbocycles. The van der Waals surface area contributed by atoms with E-state index < -0.39 is 10.0 Å². The zero-order valence-corrected chi connectivity index (χ0v) is 15.5. The minimum atomic E-state index is -3.47. The summed E-state index contributed by atoms with van der Waals surface area (Å²) in [5, 5.41) is 9.00. The number of piperazine rings is 1. The van der Waals surface area contributed by atoms with Crippen LogP contribution < -0.4 is 9.64 Å². The topological polar surface area (TPSA) is 74.8 Å². The van der Waals surface area contributed by atoms with Crippen molar-refractivity contribution in [2.75, 3.05) is 33.3 Å². The first-order valence-corrected chi connectivity index (χ1v) is 9.94. The van der Waals surface area contributed by atoms with Gasteiger partial charge in [-0.15, -0.1) is 0 Å². The minimum Gasteiger partial charge on any atom is -0.497 e. The molecular weight excluding hydrogens is 350 g/mol. The van der Waals surface area contributed by atoms with Crippen molar-refractivity contribution >= 4 is 10.0 Å². The maximum Gasteiger partial charge on any atom is 0.243 e. The summed E-state index contributed by atoms with van der Waals surface area (Å²) in [5.74, 6) is 0.637. The van der Waals surface area contributed by atoms with E-state index in [1.807, 2.05) is 18.2 Å². The van der Waals surface area contributed by atoms with Crippen molar-refractivity contribution in [2.24, 2.45) is 0 Å². The van der Waals surface area contributed by atoms with Gasteiger partial charge in [0.2, 0.25) is 10.0 Å². The average molecular weight is 372 g/mol. The molecule has 0 aromatic heterocycles. The third-order valence-electron chi connectivity index (χ3n) is 4.64. The Kier molecular flexibility index (Phi) is 5.57. The molecule has 0 unspecified atom stereocenters. The molecule has 0 saturated carbocycles. The highest BCUT2D eigenvalue weighted by molar-refractivity contribution is 7.89. The molecule has 7 heteroatoms. The van der Waals surface area contributed by atoms with E-state index in [4.69, 9.17) is 10.00 Å². The van der Waals surface area contributed by atoms with Crippen LogP contribution in [0.3, 0.4) is 0 Å². The molecule has 136 valence electrons. The average Bonchev–Trinajstić information content (AvgIpc) is 2.68. The van der Waals surface area contributed by atoms with Crippen LogP contribution in [-0.2, 0) is 16.6 Å². The summed E-state index contributed by atoms with van der Waals surface area (Å²) in [6, 6.07) is 16.2. The fourth-order valence-corrected chi connectivity index (χ4v) is 4.60. The second-order valence-corrected chi connectivity index (χ2v) is 8.26. The second-order valence-electron chi connectivity index (χ2n) is 6.32. The summed E-state index contributed by atoms with van der Waals surface area (Å²) < 4.78 is 32.2. The summed E-state index contributed by atoms with van der Waals surface area (Å²) in [5.41, 5.74) is 1.76. The smallest absolute Gasteiger partial charge is 0.243 e. The summed E-state index contributed by atoms with van der Waals surface area (Å²) in [4.78, 5) is 1.62. The van der Waals surface area contributed by atoms with Crippen molar-refractivity contribution in [3.63, 3.8) is 0 Å². The molecular formula is C19H22N3O3S+. The highest BCUT2D eigenvalue weighted by atomic mass is 32.2. The van der Waals surface area contributed by atoms with Crippen LogP contribution in [0, 0.1) is 11.3 Å². The number of ether oxygens (including phenoxy) is 1. The molecule has 3 rings (SSSR count). The first-order chi connectivity index (χ1) is 12.5. The van der Waals surface area contributed by atoms with Crippen LogP contribution in [0.15, 0.2) is 53.4 Å². The summed E-state index contributed by atoms with van der Waals surface area (Å²) in [6.45, 7) is 3.26. The highest BCUT2D eigenvalue weighted by Gasteiger charge is 2.30. The largest absolute Gasteiger partial charge is 0.497 e. The van der Waals surface area contributed by atoms with Gasteiger partial charge in [-0.2, -0.15) is 9.57 Å². The van der Waals surface area contributed by atoms with Gasteiger partial charge in [-0.1, -0.05) is 12.1 Å². The Morgan fingerprint density at radius 1 is 1.15 bits per heavy atom. The Bertz CT molecular complexity index is 896. The normalized spacial score (nSPS) is 16.2. The summed E-state index contributed by atoms with van der Waals surface area (Å²) in [6.07, 6.45) is 0. The van der Waals surface area contributed by atoms with Gasteiger partial charge in [0.15, 0.2) is 0 Å². The molecule has 1 aliphatic rings. The van der Waals surface area contributed by atoms with Crippen molar-refractivity contribution in [3.05, 3.63) is 59.7 Å². The van der Waals surface area contributed by atoms with Gasteiger partial charge in [-0.3, -0.25) is 0 Å². The first-order valence-electron chi connectivity index (χ1n) is 8.50. The first kappa shape index (κ1) is 18.4. The van der Waals surface area contributed by atoms with Gasteiger partial charge in [0.25, 0.3) is 0 Å². The molecule has 0 amide bonds. The predicted octanol–water partition coefficient (Wildman–Crippen LogP) is 0.656. The molecule has 6 nitrogen and oxygen atoms in total. The third kappa shape index (κ3) is 4.05. The van der Waals surface area contributed by atoms with Gasteiger partial charge in [0.1, 0.15) is 12.3 Å². The van der Waals surface area contributed by atoms with Crippen LogP contribution in [0.1, 0.15) is 11.1 Å². The fourth-order valence-electron chi connectivity index (χ4n) is 3.16. The zero-order valence-electron chi connectivity index (χ0n) is 14.7. The van der Waals surface area contributed by atoms with E-state index in [1.165, 1.54) is 4.90 Å². The maximum absolute atomic E-state index is 12.8. The van der Waals surface area contributed by atoms with Crippen molar-refractivity contribution < 1.29 is 18.1 Å². The molecule has 1 heterocycles. The molecule has 0 spiro atoms. The molecule has 26 heavy (non-hydrogen) atoms. The Hall–Kier alpha value is -2.40. The van der Waals surface area contributed by atoms with Gasteiger partial charge >= 0.3 is 0 Å². The monoisotopic (exact) mass is 372 g/mol. The van der Waals surface area contributed by atoms with E-state index in [9.17, 15) is 8.42 Å². The fraction of sp³-hybridized carbons (Fsp3) is 0.316. The van der Waals surface area contributed by atoms with Gasteiger partial charge < -0.3 is 9.64 Å². The number of sulfonamides is 1. The Morgan fingerprint density at radius 2 is 1.85 bits per heavy atom. The van der Waals surface area contributed by atoms with Crippen molar-refractivity contribution in [3.8, 4) is 11.8 Å². The van der Waals surface area contributed by atoms with E-state index in [0.717, 1.165) is 25.2 Å². The highest BCUT2D eigenvalue weighted by Crippen LogP contribution is 2.19. The van der Waals surface area contributed by atoms with E-state index in [0.29, 0.717) is 29.3 Å². The van der Waals surface area contributed by atoms with Crippen molar-refractivity contribution in [1.29, 1.82) is 5.26 Å². The van der Waals surface area contributed by atoms with Gasteiger partial charge in [0, 0.05) is 5.56 Å². The summed E-state index contributed by atoms with van der Waals surface area (Å²) in [7, 11) is -1.92. The predicted molar refractivity (Wildman–Crippen MR) is 97.3 cm³/mol. The number of rotatable bonds is 5. The third-order valence-corrected chi connectivity index (χ3v) is 6.55. The molecule has 2 aromatic rings. The van der Waals surface area contributed by atoms with Gasteiger partial charge in [0.05, 0.1) is 49.8 Å². The Morgan fingerprint density at radius 3 is 2.46 bits per heavy atom. The SMILES string of the molecule is COc1ccc(S(=O)(=O)N2CC[NH+](Cc3cccc(C#N)c3)CC2)cc1. The quantitative estimate of drug-likeness (QED) is 0.837. The van der Waals surface area contributed by atoms with Gasteiger partial charge in [-0.25, -0.2) is 8.42 Å². The number of nitriles is 1. The number of benzene rings is 2. The molecule has 1 aliphatic heterocycles. The number of quaternary nitrogens is 1. The van der Waals surface area contributed by atoms with Gasteiger partial charge in [-0.05, 0) is 36.4 Å². The number of hydrogen-bond acceptors (Lipinski definition) is 4. The standard InChI is InChI=1S/C19H21N3O3S/c1-25-18-5-7-19(8-6-18)26(23,24)22-11-9-21(10-12-22)15-17-4-2-3-16(13-17)14-20/h2-8,13H,9-12,15H2,1H3/p+1. The number of nitrogens with one attached hydrogen (secondary N) is 1. The summed E-state index contributed by atoms with van der Waals surface area (Å²) >= 11 is 0. The van der Waals surface area contributed by atoms with E-state index in [-0.39, 0.29) is 0 Å². The Labute approximate surface area is 154 Å². The maximum atomic E-state index is 12.8. The van der Waals surface area contributed by atoms with Crippen LogP contribution in [0.2, 0.25) is 0 Å². The van der Waals surface area contributed by atoms with Crippen LogP contribution >= 0.6 is 0 Å². The molecule has 1 N–H and O–H groups in total. The molecule has 2 aromatic carbocycles. The van der Waals surface area contributed by atoms with Crippen molar-refractivity contribution in [1.82, 2.24) is 4.31 Å². The molecule has 0 bridgehead atoms. The minimum absolute atomic E-state index is 0.295. The van der Waals surface area contributed by atoms with E-state index in [2.05, 4.69) is 6.07 Å². The Balaban J connectivity index is 1.62. The molecule has 0 atom stereocenters. The van der Waals surface area contributed by atoms with Crippen LogP contribution in [-0.4, -0.2) is 46.0 Å². The lowest BCUT2D eigenvalue weighted by atomic mass is 10.1. The molecule has 1 saturated heterocycles. The lowest BCUT2D eigenvalue weighted by Gasteiger charge is -2.31. The molecule has 0 radical (unpaired) electrons.